The molecule has 1 saturated heterocycles. The minimum Gasteiger partial charge on any atom is -0.497 e. The molecule has 2 heterocycles. The van der Waals surface area contributed by atoms with Crippen LogP contribution in [-0.4, -0.2) is 84.6 Å². The highest BCUT2D eigenvalue weighted by Crippen LogP contribution is 2.51. The van der Waals surface area contributed by atoms with E-state index in [1.165, 1.54) is 55.2 Å². The molecule has 2 aliphatic heterocycles. The lowest BCUT2D eigenvalue weighted by Crippen LogP contribution is -2.36. The number of methoxy groups -OCH3 is 1. The number of carbonyl (C=O) groups excluding carboxylic acids is 2. The summed E-state index contributed by atoms with van der Waals surface area (Å²) in [5, 5.41) is 2.97. The van der Waals surface area contributed by atoms with E-state index in [1.54, 1.807) is 18.2 Å². The number of fused-ring (bicyclic) bond motifs is 1. The van der Waals surface area contributed by atoms with Crippen LogP contribution in [0.4, 0.5) is 5.69 Å². The molecule has 0 aromatic heterocycles. The lowest BCUT2D eigenvalue weighted by molar-refractivity contribution is -0.123. The molecule has 0 spiro atoms. The minimum absolute atomic E-state index is 0.199. The highest BCUT2D eigenvalue weighted by atomic mass is 32.2. The predicted octanol–water partition coefficient (Wildman–Crippen LogP) is 2.97. The van der Waals surface area contributed by atoms with Gasteiger partial charge in [-0.3, -0.25) is 19.0 Å². The minimum atomic E-state index is -4.38. The van der Waals surface area contributed by atoms with Crippen molar-refractivity contribution >= 4 is 67.7 Å². The van der Waals surface area contributed by atoms with Crippen LogP contribution in [0, 0.1) is 0 Å². The van der Waals surface area contributed by atoms with Crippen molar-refractivity contribution in [2.45, 2.75) is 32.6 Å². The quantitative estimate of drug-likeness (QED) is 0.257. The first-order valence-corrected chi connectivity index (χ1v) is 14.9. The van der Waals surface area contributed by atoms with E-state index in [-0.39, 0.29) is 29.8 Å². The van der Waals surface area contributed by atoms with Crippen LogP contribution < -0.4 is 15.0 Å². The Labute approximate surface area is 226 Å². The van der Waals surface area contributed by atoms with Gasteiger partial charge in [0.15, 0.2) is 5.88 Å². The molecule has 2 N–H and O–H groups in total. The number of nitrogens with one attached hydrogen (secondary N) is 1. The Morgan fingerprint density at radius 1 is 1.17 bits per heavy atom. The summed E-state index contributed by atoms with van der Waals surface area (Å²) in [7, 11) is -2.89. The standard InChI is InChI=1S/C16H17N3O6S4.C6H15N/c1-9(20)17-5-6-18-14(21)13(28-16(18)26)15-19(8-29(22,23)24)11-7-10(25-2)3-4-12(11)27-15;1-4-7(5-2)6-3/h3-4,7H,5-6,8H2,1-2H3,(H,17,20)(H,22,23,24);4-6H2,1-3H3/b15-13-;. The molecular formula is C22H32N4O6S4. The van der Waals surface area contributed by atoms with E-state index in [9.17, 15) is 22.6 Å². The first-order valence-electron chi connectivity index (χ1n) is 11.3. The largest absolute Gasteiger partial charge is 0.497 e. The average Bonchev–Trinajstić information content (AvgIpc) is 3.30. The molecule has 36 heavy (non-hydrogen) atoms. The van der Waals surface area contributed by atoms with E-state index >= 15 is 0 Å². The van der Waals surface area contributed by atoms with Gasteiger partial charge in [-0.15, -0.1) is 0 Å². The van der Waals surface area contributed by atoms with E-state index < -0.39 is 16.0 Å². The lowest BCUT2D eigenvalue weighted by atomic mass is 10.3. The summed E-state index contributed by atoms with van der Waals surface area (Å²) in [6, 6.07) is 5.11. The molecular weight excluding hydrogens is 545 g/mol. The topological polar surface area (TPSA) is 119 Å². The molecule has 3 rings (SSSR count). The predicted molar refractivity (Wildman–Crippen MR) is 149 cm³/mol. The van der Waals surface area contributed by atoms with Crippen LogP contribution in [0.5, 0.6) is 5.75 Å². The molecule has 2 aliphatic rings. The number of anilines is 1. The van der Waals surface area contributed by atoms with Crippen LogP contribution in [0.3, 0.4) is 0 Å². The van der Waals surface area contributed by atoms with Crippen LogP contribution in [0.1, 0.15) is 27.7 Å². The van der Waals surface area contributed by atoms with Gasteiger partial charge in [-0.05, 0) is 31.8 Å². The lowest BCUT2D eigenvalue weighted by Gasteiger charge is -2.20. The van der Waals surface area contributed by atoms with E-state index in [0.717, 1.165) is 11.8 Å². The Hall–Kier alpha value is -1.84. The third kappa shape index (κ3) is 8.08. The first-order chi connectivity index (χ1) is 16.9. The Morgan fingerprint density at radius 2 is 1.81 bits per heavy atom. The van der Waals surface area contributed by atoms with Gasteiger partial charge in [0, 0.05) is 31.0 Å². The number of hydrogen-bond donors (Lipinski definition) is 2. The van der Waals surface area contributed by atoms with Gasteiger partial charge in [0.25, 0.3) is 16.0 Å². The molecule has 0 atom stereocenters. The number of nitrogens with zero attached hydrogens (tertiary/aromatic N) is 3. The fraction of sp³-hybridized carbons (Fsp3) is 0.500. The zero-order valence-corrected chi connectivity index (χ0v) is 24.2. The van der Waals surface area contributed by atoms with Crippen molar-refractivity contribution in [2.75, 3.05) is 50.6 Å². The summed E-state index contributed by atoms with van der Waals surface area (Å²) in [6.45, 7) is 11.9. The van der Waals surface area contributed by atoms with Gasteiger partial charge in [-0.1, -0.05) is 56.5 Å². The fourth-order valence-electron chi connectivity index (χ4n) is 3.38. The van der Waals surface area contributed by atoms with Crippen molar-refractivity contribution in [3.8, 4) is 5.75 Å². The number of carbonyl (C=O) groups is 2. The molecule has 0 unspecified atom stereocenters. The molecule has 14 heteroatoms. The van der Waals surface area contributed by atoms with Gasteiger partial charge in [0.2, 0.25) is 5.91 Å². The summed E-state index contributed by atoms with van der Waals surface area (Å²) < 4.78 is 38.2. The smallest absolute Gasteiger partial charge is 0.283 e. The van der Waals surface area contributed by atoms with Crippen LogP contribution in [0.2, 0.25) is 0 Å². The zero-order chi connectivity index (χ0) is 27.0. The van der Waals surface area contributed by atoms with Crippen LogP contribution in [0.15, 0.2) is 33.0 Å². The fourth-order valence-corrected chi connectivity index (χ4v) is 6.66. The highest BCUT2D eigenvalue weighted by Gasteiger charge is 2.40. The van der Waals surface area contributed by atoms with Crippen molar-refractivity contribution in [3.05, 3.63) is 28.1 Å². The third-order valence-corrected chi connectivity index (χ3v) is 8.63. The van der Waals surface area contributed by atoms with Gasteiger partial charge >= 0.3 is 0 Å². The Morgan fingerprint density at radius 3 is 2.31 bits per heavy atom. The van der Waals surface area contributed by atoms with E-state index in [1.807, 2.05) is 0 Å². The molecule has 1 fully saturated rings. The van der Waals surface area contributed by atoms with E-state index in [4.69, 9.17) is 17.0 Å². The molecule has 0 saturated carbocycles. The SMILES string of the molecule is CCN(CC)CC.COc1ccc2c(c1)N(CS(=O)(=O)O)/C(=C1/SC(=S)N(CCNC(C)=O)C1=O)S2. The monoisotopic (exact) mass is 576 g/mol. The number of hydrogen-bond acceptors (Lipinski definition) is 10. The maximum Gasteiger partial charge on any atom is 0.283 e. The van der Waals surface area contributed by atoms with Crippen molar-refractivity contribution in [1.29, 1.82) is 0 Å². The van der Waals surface area contributed by atoms with Crippen LogP contribution >= 0.6 is 35.7 Å². The maximum absolute atomic E-state index is 12.9. The molecule has 0 radical (unpaired) electrons. The van der Waals surface area contributed by atoms with Crippen molar-refractivity contribution in [3.63, 3.8) is 0 Å². The van der Waals surface area contributed by atoms with E-state index in [0.29, 0.717) is 25.7 Å². The second-order valence-electron chi connectivity index (χ2n) is 7.64. The van der Waals surface area contributed by atoms with Gasteiger partial charge in [0.1, 0.15) is 20.0 Å². The number of ether oxygens (including phenoxy) is 1. The number of benzene rings is 1. The second kappa shape index (κ2) is 13.6. The van der Waals surface area contributed by atoms with Crippen molar-refractivity contribution < 1.29 is 27.3 Å². The summed E-state index contributed by atoms with van der Waals surface area (Å²) in [5.74, 6) is -0.809. The molecule has 0 bridgehead atoms. The summed E-state index contributed by atoms with van der Waals surface area (Å²) in [4.78, 5) is 30.1. The normalized spacial score (nSPS) is 17.3. The number of amides is 2. The van der Waals surface area contributed by atoms with Gasteiger partial charge in [-0.25, -0.2) is 0 Å². The maximum atomic E-state index is 12.9. The summed E-state index contributed by atoms with van der Waals surface area (Å²) >= 11 is 7.56. The van der Waals surface area contributed by atoms with Gasteiger partial charge in [-0.2, -0.15) is 8.42 Å². The van der Waals surface area contributed by atoms with Crippen LogP contribution in [-0.2, 0) is 19.7 Å². The number of thioether (sulfide) groups is 2. The van der Waals surface area contributed by atoms with Gasteiger partial charge < -0.3 is 19.9 Å². The first kappa shape index (κ1) is 30.4. The summed E-state index contributed by atoms with van der Waals surface area (Å²) in [6.07, 6.45) is 0. The summed E-state index contributed by atoms with van der Waals surface area (Å²) in [5.41, 5.74) is 0.505. The van der Waals surface area contributed by atoms with Gasteiger partial charge in [0.05, 0.1) is 12.8 Å². The Kier molecular flexibility index (Phi) is 11.5. The van der Waals surface area contributed by atoms with Crippen molar-refractivity contribution in [2.24, 2.45) is 0 Å². The second-order valence-corrected chi connectivity index (χ2v) is 11.7. The highest BCUT2D eigenvalue weighted by molar-refractivity contribution is 8.27. The van der Waals surface area contributed by atoms with E-state index in [2.05, 4.69) is 31.0 Å². The average molecular weight is 577 g/mol. The molecule has 2 amide bonds. The number of rotatable bonds is 9. The third-order valence-electron chi connectivity index (χ3n) is 5.30. The molecule has 1 aromatic carbocycles. The molecule has 10 nitrogen and oxygen atoms in total. The molecule has 1 aromatic rings. The number of thiocarbonyl (C=S) groups is 1. The van der Waals surface area contributed by atoms with Crippen molar-refractivity contribution in [1.82, 2.24) is 15.1 Å². The molecule has 0 aliphatic carbocycles. The Bertz CT molecular complexity index is 1120. The zero-order valence-electron chi connectivity index (χ0n) is 20.9. The molecule has 200 valence electrons. The van der Waals surface area contributed by atoms with Crippen LogP contribution in [0.25, 0.3) is 0 Å². The Balaban J connectivity index is 0.000000572.